The summed E-state index contributed by atoms with van der Waals surface area (Å²) >= 11 is 0. The third-order valence-corrected chi connectivity index (χ3v) is 3.01. The number of nitrogens with one attached hydrogen (secondary N) is 1. The zero-order valence-electron chi connectivity index (χ0n) is 10.0. The molecule has 1 aliphatic heterocycles. The number of amides is 1. The summed E-state index contributed by atoms with van der Waals surface area (Å²) in [5.41, 5.74) is 2.08. The number of nitrogens with zero attached hydrogens (tertiary/aromatic N) is 1. The second kappa shape index (κ2) is 5.29. The largest absolute Gasteiger partial charge is 0.387 e. The van der Waals surface area contributed by atoms with Crippen LogP contribution in [0.1, 0.15) is 17.2 Å². The number of benzene rings is 1. The van der Waals surface area contributed by atoms with Gasteiger partial charge in [-0.15, -0.1) is 0 Å². The Labute approximate surface area is 101 Å². The first-order valence-corrected chi connectivity index (χ1v) is 5.89. The molecule has 17 heavy (non-hydrogen) atoms. The molecule has 1 saturated heterocycles. The summed E-state index contributed by atoms with van der Waals surface area (Å²) in [6.45, 7) is 4.37. The minimum atomic E-state index is -0.526. The predicted molar refractivity (Wildman–Crippen MR) is 65.6 cm³/mol. The number of aliphatic hydroxyl groups excluding tert-OH is 1. The molecule has 0 radical (unpaired) electrons. The number of carbonyl (C=O) groups is 1. The van der Waals surface area contributed by atoms with Crippen molar-refractivity contribution in [3.05, 3.63) is 35.4 Å². The number of aliphatic hydroxyl groups is 1. The van der Waals surface area contributed by atoms with Crippen LogP contribution in [0.3, 0.4) is 0 Å². The number of aryl methyl sites for hydroxylation is 1. The van der Waals surface area contributed by atoms with Crippen LogP contribution in [0.4, 0.5) is 0 Å². The molecule has 92 valence electrons. The fourth-order valence-corrected chi connectivity index (χ4v) is 1.99. The lowest BCUT2D eigenvalue weighted by Crippen LogP contribution is -2.48. The number of piperazine rings is 1. The molecule has 1 heterocycles. The van der Waals surface area contributed by atoms with Crippen LogP contribution in [0.5, 0.6) is 0 Å². The third-order valence-electron chi connectivity index (χ3n) is 3.01. The minimum absolute atomic E-state index is 0.0346. The topological polar surface area (TPSA) is 52.6 Å². The Bertz CT molecular complexity index is 389. The first-order valence-electron chi connectivity index (χ1n) is 5.89. The zero-order valence-corrected chi connectivity index (χ0v) is 10.0. The van der Waals surface area contributed by atoms with Gasteiger partial charge in [0.15, 0.2) is 0 Å². The van der Waals surface area contributed by atoms with E-state index in [1.807, 2.05) is 36.1 Å². The lowest BCUT2D eigenvalue weighted by atomic mass is 10.1. The summed E-state index contributed by atoms with van der Waals surface area (Å²) < 4.78 is 0. The fraction of sp³-hybridized carbons (Fsp3) is 0.462. The Morgan fingerprint density at radius 2 is 2.12 bits per heavy atom. The van der Waals surface area contributed by atoms with Gasteiger partial charge in [0.1, 0.15) is 0 Å². The molecule has 4 heteroatoms. The van der Waals surface area contributed by atoms with Crippen molar-refractivity contribution in [1.82, 2.24) is 10.2 Å². The van der Waals surface area contributed by atoms with Crippen molar-refractivity contribution in [2.75, 3.05) is 26.2 Å². The molecule has 0 bridgehead atoms. The van der Waals surface area contributed by atoms with Gasteiger partial charge in [-0.05, 0) is 12.5 Å². The first kappa shape index (κ1) is 12.1. The number of hydrogen-bond donors (Lipinski definition) is 2. The van der Waals surface area contributed by atoms with Crippen molar-refractivity contribution in [3.8, 4) is 0 Å². The van der Waals surface area contributed by atoms with Crippen molar-refractivity contribution >= 4 is 5.91 Å². The summed E-state index contributed by atoms with van der Waals surface area (Å²) in [5.74, 6) is 0.0346. The van der Waals surface area contributed by atoms with Crippen LogP contribution in [0.25, 0.3) is 0 Å². The van der Waals surface area contributed by atoms with Crippen molar-refractivity contribution in [3.63, 3.8) is 0 Å². The number of β-amino-alcohol motifs (C(OH)–C–C–N with tert-alkyl or cyclic N) is 1. The monoisotopic (exact) mass is 234 g/mol. The Kier molecular flexibility index (Phi) is 3.76. The van der Waals surface area contributed by atoms with E-state index in [4.69, 9.17) is 0 Å². The van der Waals surface area contributed by atoms with Crippen molar-refractivity contribution in [2.24, 2.45) is 0 Å². The van der Waals surface area contributed by atoms with Crippen LogP contribution in [-0.2, 0) is 4.79 Å². The second-order valence-corrected chi connectivity index (χ2v) is 4.51. The van der Waals surface area contributed by atoms with E-state index in [0.29, 0.717) is 19.6 Å². The molecule has 4 nitrogen and oxygen atoms in total. The highest BCUT2D eigenvalue weighted by Gasteiger charge is 2.19. The smallest absolute Gasteiger partial charge is 0.234 e. The van der Waals surface area contributed by atoms with Gasteiger partial charge in [0.2, 0.25) is 5.91 Å². The highest BCUT2D eigenvalue weighted by atomic mass is 16.3. The van der Waals surface area contributed by atoms with E-state index >= 15 is 0 Å². The van der Waals surface area contributed by atoms with Crippen molar-refractivity contribution in [2.45, 2.75) is 13.0 Å². The van der Waals surface area contributed by atoms with Gasteiger partial charge in [0.25, 0.3) is 0 Å². The van der Waals surface area contributed by atoms with E-state index in [1.54, 1.807) is 0 Å². The van der Waals surface area contributed by atoms with E-state index in [0.717, 1.165) is 12.1 Å². The fourth-order valence-electron chi connectivity index (χ4n) is 1.99. The molecule has 1 unspecified atom stereocenters. The van der Waals surface area contributed by atoms with Gasteiger partial charge < -0.3 is 10.4 Å². The highest BCUT2D eigenvalue weighted by Crippen LogP contribution is 2.15. The molecule has 1 aliphatic rings. The lowest BCUT2D eigenvalue weighted by Gasteiger charge is -2.28. The van der Waals surface area contributed by atoms with Gasteiger partial charge in [-0.1, -0.05) is 29.8 Å². The summed E-state index contributed by atoms with van der Waals surface area (Å²) in [6, 6.07) is 7.84. The number of carbonyl (C=O) groups excluding carboxylic acids is 1. The van der Waals surface area contributed by atoms with Crippen LogP contribution in [0.15, 0.2) is 24.3 Å². The SMILES string of the molecule is Cc1ccc(C(O)CN2CCNC(=O)C2)cc1. The molecule has 0 saturated carbocycles. The van der Waals surface area contributed by atoms with Gasteiger partial charge in [-0.3, -0.25) is 9.69 Å². The normalized spacial score (nSPS) is 18.8. The Morgan fingerprint density at radius 1 is 1.41 bits per heavy atom. The molecule has 2 N–H and O–H groups in total. The standard InChI is InChI=1S/C13H18N2O2/c1-10-2-4-11(5-3-10)12(16)8-15-7-6-14-13(17)9-15/h2-5,12,16H,6-9H2,1H3,(H,14,17). The molecule has 1 fully saturated rings. The van der Waals surface area contributed by atoms with Gasteiger partial charge in [0, 0.05) is 19.6 Å². The van der Waals surface area contributed by atoms with Gasteiger partial charge in [-0.2, -0.15) is 0 Å². The molecule has 0 aliphatic carbocycles. The highest BCUT2D eigenvalue weighted by molar-refractivity contribution is 5.78. The maximum absolute atomic E-state index is 11.2. The Hall–Kier alpha value is -1.39. The van der Waals surface area contributed by atoms with E-state index in [-0.39, 0.29) is 5.91 Å². The zero-order chi connectivity index (χ0) is 12.3. The quantitative estimate of drug-likeness (QED) is 0.799. The van der Waals surface area contributed by atoms with E-state index in [1.165, 1.54) is 5.56 Å². The summed E-state index contributed by atoms with van der Waals surface area (Å²) in [6.07, 6.45) is -0.526. The average molecular weight is 234 g/mol. The predicted octanol–water partition coefficient (Wildman–Crippen LogP) is 0.460. The lowest BCUT2D eigenvalue weighted by molar-refractivity contribution is -0.124. The van der Waals surface area contributed by atoms with Crippen LogP contribution in [0, 0.1) is 6.92 Å². The van der Waals surface area contributed by atoms with Gasteiger partial charge >= 0.3 is 0 Å². The average Bonchev–Trinajstić information content (AvgIpc) is 2.29. The van der Waals surface area contributed by atoms with Gasteiger partial charge in [-0.25, -0.2) is 0 Å². The van der Waals surface area contributed by atoms with E-state index in [2.05, 4.69) is 5.32 Å². The molecule has 0 aromatic heterocycles. The summed E-state index contributed by atoms with van der Waals surface area (Å²) in [7, 11) is 0. The molecule has 2 rings (SSSR count). The molecule has 1 aromatic rings. The Morgan fingerprint density at radius 3 is 2.76 bits per heavy atom. The van der Waals surface area contributed by atoms with Crippen LogP contribution in [-0.4, -0.2) is 42.1 Å². The molecule has 1 amide bonds. The van der Waals surface area contributed by atoms with E-state index < -0.39 is 6.10 Å². The third kappa shape index (κ3) is 3.28. The maximum atomic E-state index is 11.2. The molecule has 1 aromatic carbocycles. The van der Waals surface area contributed by atoms with Gasteiger partial charge in [0.05, 0.1) is 12.6 Å². The summed E-state index contributed by atoms with van der Waals surface area (Å²) in [4.78, 5) is 13.2. The molecular weight excluding hydrogens is 216 g/mol. The Balaban J connectivity index is 1.94. The summed E-state index contributed by atoms with van der Waals surface area (Å²) in [5, 5.41) is 12.8. The van der Waals surface area contributed by atoms with Crippen molar-refractivity contribution < 1.29 is 9.90 Å². The minimum Gasteiger partial charge on any atom is -0.387 e. The van der Waals surface area contributed by atoms with Crippen LogP contribution < -0.4 is 5.32 Å². The van der Waals surface area contributed by atoms with E-state index in [9.17, 15) is 9.90 Å². The second-order valence-electron chi connectivity index (χ2n) is 4.51. The first-order chi connectivity index (χ1) is 8.15. The maximum Gasteiger partial charge on any atom is 0.234 e. The van der Waals surface area contributed by atoms with Crippen LogP contribution >= 0.6 is 0 Å². The molecule has 0 spiro atoms. The number of rotatable bonds is 3. The molecule has 1 atom stereocenters. The number of hydrogen-bond acceptors (Lipinski definition) is 3. The van der Waals surface area contributed by atoms with Crippen molar-refractivity contribution in [1.29, 1.82) is 0 Å². The molecular formula is C13H18N2O2. The van der Waals surface area contributed by atoms with Crippen LogP contribution in [0.2, 0.25) is 0 Å².